The number of hydrogen-bond acceptors (Lipinski definition) is 6. The molecule has 1 unspecified atom stereocenters. The second kappa shape index (κ2) is 7.68. The first-order valence-electron chi connectivity index (χ1n) is 9.45. The van der Waals surface area contributed by atoms with Gasteiger partial charge in [0.05, 0.1) is 17.0 Å². The van der Waals surface area contributed by atoms with Crippen LogP contribution in [0.4, 0.5) is 4.39 Å². The predicted molar refractivity (Wildman–Crippen MR) is 103 cm³/mol. The molecule has 3 heterocycles. The molecule has 4 rings (SSSR count). The van der Waals surface area contributed by atoms with Crippen LogP contribution in [-0.2, 0) is 16.4 Å². The van der Waals surface area contributed by atoms with Crippen LogP contribution >= 0.6 is 0 Å². The van der Waals surface area contributed by atoms with E-state index in [2.05, 4.69) is 20.3 Å². The summed E-state index contributed by atoms with van der Waals surface area (Å²) >= 11 is 0. The molecule has 1 aliphatic heterocycles. The van der Waals surface area contributed by atoms with E-state index in [1.165, 1.54) is 10.4 Å². The number of sulfonamides is 1. The van der Waals surface area contributed by atoms with Gasteiger partial charge in [-0.25, -0.2) is 12.8 Å². The number of aromatic amines is 1. The molecular weight excluding hydrogens is 397 g/mol. The molecule has 8 nitrogen and oxygen atoms in total. The van der Waals surface area contributed by atoms with Crippen molar-refractivity contribution in [2.24, 2.45) is 5.92 Å². The maximum atomic E-state index is 13.9. The highest BCUT2D eigenvalue weighted by Gasteiger charge is 2.34. The van der Waals surface area contributed by atoms with Crippen LogP contribution in [0.5, 0.6) is 0 Å². The highest BCUT2D eigenvalue weighted by atomic mass is 32.2. The van der Waals surface area contributed by atoms with Gasteiger partial charge in [0, 0.05) is 19.5 Å². The Hall–Kier alpha value is -2.59. The third kappa shape index (κ3) is 3.82. The Morgan fingerprint density at radius 2 is 2.10 bits per heavy atom. The van der Waals surface area contributed by atoms with Crippen molar-refractivity contribution in [1.82, 2.24) is 24.6 Å². The molecule has 0 radical (unpaired) electrons. The van der Waals surface area contributed by atoms with Crippen LogP contribution in [0.3, 0.4) is 0 Å². The molecule has 10 heteroatoms. The highest BCUT2D eigenvalue weighted by Crippen LogP contribution is 2.28. The van der Waals surface area contributed by atoms with E-state index in [1.807, 2.05) is 0 Å². The zero-order chi connectivity index (χ0) is 20.6. The second-order valence-electron chi connectivity index (χ2n) is 7.33. The molecule has 1 saturated heterocycles. The number of halogens is 1. The number of nitrogens with zero attached hydrogens (tertiary/aromatic N) is 4. The topological polar surface area (TPSA) is 105 Å². The monoisotopic (exact) mass is 419 g/mol. The van der Waals surface area contributed by atoms with Crippen molar-refractivity contribution in [3.8, 4) is 11.4 Å². The normalized spacial score (nSPS) is 18.2. The van der Waals surface area contributed by atoms with Gasteiger partial charge in [-0.05, 0) is 44.7 Å². The lowest BCUT2D eigenvalue weighted by Crippen LogP contribution is -2.40. The van der Waals surface area contributed by atoms with Crippen LogP contribution in [0.25, 0.3) is 11.4 Å². The molecule has 3 aromatic rings. The Kier molecular flexibility index (Phi) is 5.22. The molecule has 29 heavy (non-hydrogen) atoms. The molecule has 1 fully saturated rings. The molecule has 1 aliphatic rings. The SMILES string of the molecule is Cc1n[nH]c(C)c1S(=O)(=O)N1CCCC(Cc2nc(-c3ccccc3F)no2)C1. The third-order valence-corrected chi connectivity index (χ3v) is 7.32. The van der Waals surface area contributed by atoms with Crippen molar-refractivity contribution in [3.63, 3.8) is 0 Å². The summed E-state index contributed by atoms with van der Waals surface area (Å²) in [5, 5.41) is 10.6. The van der Waals surface area contributed by atoms with Crippen LogP contribution in [0.2, 0.25) is 0 Å². The minimum atomic E-state index is -3.63. The van der Waals surface area contributed by atoms with Gasteiger partial charge >= 0.3 is 0 Å². The Bertz CT molecular complexity index is 1110. The summed E-state index contributed by atoms with van der Waals surface area (Å²) in [6, 6.07) is 6.24. The number of aryl methyl sites for hydroxylation is 2. The van der Waals surface area contributed by atoms with Gasteiger partial charge in [0.2, 0.25) is 21.7 Å². The van der Waals surface area contributed by atoms with E-state index < -0.39 is 15.8 Å². The van der Waals surface area contributed by atoms with E-state index in [9.17, 15) is 12.8 Å². The van der Waals surface area contributed by atoms with Crippen LogP contribution < -0.4 is 0 Å². The molecule has 0 bridgehead atoms. The summed E-state index contributed by atoms with van der Waals surface area (Å²) in [5.74, 6) is 0.201. The molecule has 0 saturated carbocycles. The fourth-order valence-electron chi connectivity index (χ4n) is 3.80. The van der Waals surface area contributed by atoms with E-state index in [0.29, 0.717) is 36.8 Å². The summed E-state index contributed by atoms with van der Waals surface area (Å²) in [7, 11) is -3.63. The first kappa shape index (κ1) is 19.7. The number of rotatable bonds is 5. The van der Waals surface area contributed by atoms with Crippen molar-refractivity contribution in [2.45, 2.75) is 38.0 Å². The molecule has 1 aromatic carbocycles. The number of hydrogen-bond donors (Lipinski definition) is 1. The molecule has 0 amide bonds. The fraction of sp³-hybridized carbons (Fsp3) is 0.421. The zero-order valence-corrected chi connectivity index (χ0v) is 17.0. The Labute approximate surface area is 168 Å². The summed E-state index contributed by atoms with van der Waals surface area (Å²) < 4.78 is 46.9. The lowest BCUT2D eigenvalue weighted by Gasteiger charge is -2.31. The largest absolute Gasteiger partial charge is 0.339 e. The second-order valence-corrected chi connectivity index (χ2v) is 9.20. The maximum absolute atomic E-state index is 13.9. The number of benzene rings is 1. The maximum Gasteiger partial charge on any atom is 0.246 e. The van der Waals surface area contributed by atoms with Gasteiger partial charge in [0.1, 0.15) is 10.7 Å². The Morgan fingerprint density at radius 3 is 2.83 bits per heavy atom. The molecule has 1 atom stereocenters. The van der Waals surface area contributed by atoms with Gasteiger partial charge in [-0.1, -0.05) is 17.3 Å². The lowest BCUT2D eigenvalue weighted by molar-refractivity contribution is 0.247. The summed E-state index contributed by atoms with van der Waals surface area (Å²) in [6.45, 7) is 4.22. The van der Waals surface area contributed by atoms with Gasteiger partial charge in [-0.3, -0.25) is 5.10 Å². The average Bonchev–Trinajstić information content (AvgIpc) is 3.29. The molecule has 2 aromatic heterocycles. The van der Waals surface area contributed by atoms with Crippen molar-refractivity contribution >= 4 is 10.0 Å². The number of aromatic nitrogens is 4. The highest BCUT2D eigenvalue weighted by molar-refractivity contribution is 7.89. The van der Waals surface area contributed by atoms with Crippen molar-refractivity contribution < 1.29 is 17.3 Å². The number of nitrogens with one attached hydrogen (secondary N) is 1. The minimum Gasteiger partial charge on any atom is -0.339 e. The summed E-state index contributed by atoms with van der Waals surface area (Å²) in [5.41, 5.74) is 1.29. The van der Waals surface area contributed by atoms with Crippen LogP contribution in [0.15, 0.2) is 33.7 Å². The molecule has 1 N–H and O–H groups in total. The lowest BCUT2D eigenvalue weighted by atomic mass is 9.96. The zero-order valence-electron chi connectivity index (χ0n) is 16.2. The number of H-pyrrole nitrogens is 1. The van der Waals surface area contributed by atoms with Gasteiger partial charge < -0.3 is 4.52 Å². The first-order valence-corrected chi connectivity index (χ1v) is 10.9. The van der Waals surface area contributed by atoms with Crippen molar-refractivity contribution in [2.75, 3.05) is 13.1 Å². The van der Waals surface area contributed by atoms with Crippen LogP contribution in [0, 0.1) is 25.6 Å². The van der Waals surface area contributed by atoms with Crippen molar-refractivity contribution in [1.29, 1.82) is 0 Å². The molecule has 0 spiro atoms. The summed E-state index contributed by atoms with van der Waals surface area (Å²) in [6.07, 6.45) is 2.04. The molecule has 154 valence electrons. The van der Waals surface area contributed by atoms with Gasteiger partial charge in [0.15, 0.2) is 0 Å². The average molecular weight is 419 g/mol. The fourth-order valence-corrected chi connectivity index (χ4v) is 5.68. The Morgan fingerprint density at radius 1 is 1.31 bits per heavy atom. The van der Waals surface area contributed by atoms with E-state index in [-0.39, 0.29) is 22.2 Å². The molecule has 0 aliphatic carbocycles. The quantitative estimate of drug-likeness (QED) is 0.682. The Balaban J connectivity index is 1.49. The first-order chi connectivity index (χ1) is 13.9. The van der Waals surface area contributed by atoms with E-state index in [0.717, 1.165) is 12.8 Å². The van der Waals surface area contributed by atoms with Crippen LogP contribution in [0.1, 0.15) is 30.1 Å². The van der Waals surface area contributed by atoms with Gasteiger partial charge in [-0.2, -0.15) is 14.4 Å². The minimum absolute atomic E-state index is 0.0416. The van der Waals surface area contributed by atoms with Crippen molar-refractivity contribution in [3.05, 3.63) is 47.4 Å². The van der Waals surface area contributed by atoms with Crippen LogP contribution in [-0.4, -0.2) is 46.2 Å². The third-order valence-electron chi connectivity index (χ3n) is 5.19. The molecular formula is C19H22FN5O3S. The summed E-state index contributed by atoms with van der Waals surface area (Å²) in [4.78, 5) is 4.55. The smallest absolute Gasteiger partial charge is 0.246 e. The van der Waals surface area contributed by atoms with E-state index in [1.54, 1.807) is 32.0 Å². The number of piperidine rings is 1. The van der Waals surface area contributed by atoms with Gasteiger partial charge in [0.25, 0.3) is 0 Å². The standard InChI is InChI=1S/C19H22FN5O3S/c1-12-18(13(2)23-22-12)29(26,27)25-9-5-6-14(11-25)10-17-21-19(24-28-17)15-7-3-4-8-16(15)20/h3-4,7-8,14H,5-6,9-11H2,1-2H3,(H,22,23). The van der Waals surface area contributed by atoms with Gasteiger partial charge in [-0.15, -0.1) is 0 Å². The van der Waals surface area contributed by atoms with E-state index >= 15 is 0 Å². The van der Waals surface area contributed by atoms with E-state index in [4.69, 9.17) is 4.52 Å². The predicted octanol–water partition coefficient (Wildman–Crippen LogP) is 2.86.